The number of benzene rings is 1. The first kappa shape index (κ1) is 6.40. The fourth-order valence-electron chi connectivity index (χ4n) is 1.06. The van der Waals surface area contributed by atoms with Crippen LogP contribution in [0.15, 0.2) is 29.0 Å². The van der Waals surface area contributed by atoms with Gasteiger partial charge in [-0.25, -0.2) is 4.98 Å². The average Bonchev–Trinajstić information content (AvgIpc) is 2.50. The van der Waals surface area contributed by atoms with E-state index in [1.807, 2.05) is 18.2 Å². The zero-order valence-electron chi connectivity index (χ0n) is 6.08. The number of fused-ring (bicyclic) bond motifs is 1. The number of hydrogen-bond acceptors (Lipinski definition) is 2. The van der Waals surface area contributed by atoms with Crippen LogP contribution in [0, 0.1) is 6.92 Å². The molecular formula is C9H8NO. The van der Waals surface area contributed by atoms with Crippen LogP contribution in [0.2, 0.25) is 0 Å². The van der Waals surface area contributed by atoms with Crippen molar-refractivity contribution in [2.45, 2.75) is 6.42 Å². The fraction of sp³-hybridized carbons (Fsp3) is 0.111. The molecule has 0 amide bonds. The number of oxazole rings is 1. The predicted molar refractivity (Wildman–Crippen MR) is 43.1 cm³/mol. The lowest BCUT2D eigenvalue weighted by atomic mass is 10.1. The summed E-state index contributed by atoms with van der Waals surface area (Å²) in [6, 6.07) is 5.91. The summed E-state index contributed by atoms with van der Waals surface area (Å²) < 4.78 is 5.09. The predicted octanol–water partition coefficient (Wildman–Crippen LogP) is 2.20. The Hall–Kier alpha value is -1.31. The molecule has 1 aromatic heterocycles. The number of rotatable bonds is 1. The molecule has 0 aliphatic rings. The van der Waals surface area contributed by atoms with E-state index in [2.05, 4.69) is 11.9 Å². The second kappa shape index (κ2) is 2.38. The van der Waals surface area contributed by atoms with Crippen LogP contribution in [-0.2, 0) is 6.42 Å². The van der Waals surface area contributed by atoms with Gasteiger partial charge in [0.05, 0.1) is 0 Å². The summed E-state index contributed by atoms with van der Waals surface area (Å²) in [6.45, 7) is 3.79. The van der Waals surface area contributed by atoms with Crippen molar-refractivity contribution in [2.24, 2.45) is 0 Å². The second-order valence-corrected chi connectivity index (χ2v) is 2.40. The summed E-state index contributed by atoms with van der Waals surface area (Å²) in [6.07, 6.45) is 2.25. The third-order valence-electron chi connectivity index (χ3n) is 1.68. The van der Waals surface area contributed by atoms with Crippen molar-refractivity contribution in [3.63, 3.8) is 0 Å². The molecule has 0 bridgehead atoms. The molecule has 0 atom stereocenters. The number of nitrogens with zero attached hydrogens (tertiary/aromatic N) is 1. The Morgan fingerprint density at radius 2 is 2.36 bits per heavy atom. The smallest absolute Gasteiger partial charge is 0.181 e. The van der Waals surface area contributed by atoms with Crippen molar-refractivity contribution in [3.8, 4) is 0 Å². The molecular weight excluding hydrogens is 138 g/mol. The van der Waals surface area contributed by atoms with Crippen molar-refractivity contribution < 1.29 is 4.42 Å². The summed E-state index contributed by atoms with van der Waals surface area (Å²) in [5, 5.41) is 0. The summed E-state index contributed by atoms with van der Waals surface area (Å²) in [7, 11) is 0. The lowest BCUT2D eigenvalue weighted by molar-refractivity contribution is 0.602. The molecule has 2 heteroatoms. The fourth-order valence-corrected chi connectivity index (χ4v) is 1.06. The average molecular weight is 146 g/mol. The van der Waals surface area contributed by atoms with Crippen LogP contribution in [0.25, 0.3) is 11.1 Å². The van der Waals surface area contributed by atoms with Gasteiger partial charge in [0.25, 0.3) is 0 Å². The molecule has 0 fully saturated rings. The number of hydrogen-bond donors (Lipinski definition) is 0. The van der Waals surface area contributed by atoms with E-state index in [0.717, 1.165) is 17.5 Å². The molecule has 0 spiro atoms. The lowest BCUT2D eigenvalue weighted by Gasteiger charge is -1.92. The molecule has 2 nitrogen and oxygen atoms in total. The normalized spacial score (nSPS) is 10.6. The van der Waals surface area contributed by atoms with E-state index in [9.17, 15) is 0 Å². The Morgan fingerprint density at radius 1 is 1.45 bits per heavy atom. The van der Waals surface area contributed by atoms with Gasteiger partial charge in [0, 0.05) is 0 Å². The van der Waals surface area contributed by atoms with E-state index >= 15 is 0 Å². The zero-order valence-corrected chi connectivity index (χ0v) is 6.08. The van der Waals surface area contributed by atoms with Gasteiger partial charge >= 0.3 is 0 Å². The summed E-state index contributed by atoms with van der Waals surface area (Å²) in [5.41, 5.74) is 2.93. The molecule has 2 aromatic rings. The maximum atomic E-state index is 5.09. The molecule has 1 radical (unpaired) electrons. The first-order valence-corrected chi connectivity index (χ1v) is 3.51. The maximum absolute atomic E-state index is 5.09. The first-order valence-electron chi connectivity index (χ1n) is 3.51. The molecule has 55 valence electrons. The molecule has 0 aliphatic carbocycles. The van der Waals surface area contributed by atoms with E-state index in [-0.39, 0.29) is 0 Å². The van der Waals surface area contributed by atoms with E-state index < -0.39 is 0 Å². The third kappa shape index (κ3) is 1.00. The van der Waals surface area contributed by atoms with Gasteiger partial charge in [0.2, 0.25) is 0 Å². The topological polar surface area (TPSA) is 26.0 Å². The van der Waals surface area contributed by atoms with Crippen molar-refractivity contribution in [2.75, 3.05) is 0 Å². The summed E-state index contributed by atoms with van der Waals surface area (Å²) in [5.74, 6) is 0. The van der Waals surface area contributed by atoms with Crippen LogP contribution < -0.4 is 0 Å². The third-order valence-corrected chi connectivity index (χ3v) is 1.68. The summed E-state index contributed by atoms with van der Waals surface area (Å²) in [4.78, 5) is 4.03. The molecule has 0 saturated carbocycles. The van der Waals surface area contributed by atoms with Crippen LogP contribution in [0.4, 0.5) is 0 Å². The molecule has 0 saturated heterocycles. The van der Waals surface area contributed by atoms with Gasteiger partial charge in [-0.15, -0.1) is 0 Å². The van der Waals surface area contributed by atoms with Crippen LogP contribution in [-0.4, -0.2) is 4.98 Å². The minimum Gasteiger partial charge on any atom is -0.443 e. The number of aromatic nitrogens is 1. The van der Waals surface area contributed by atoms with Crippen molar-refractivity contribution in [1.82, 2.24) is 4.98 Å². The van der Waals surface area contributed by atoms with Gasteiger partial charge in [-0.1, -0.05) is 6.07 Å². The highest BCUT2D eigenvalue weighted by Crippen LogP contribution is 2.13. The largest absolute Gasteiger partial charge is 0.443 e. The Morgan fingerprint density at radius 3 is 3.18 bits per heavy atom. The van der Waals surface area contributed by atoms with Crippen LogP contribution in [0.3, 0.4) is 0 Å². The van der Waals surface area contributed by atoms with Crippen molar-refractivity contribution in [1.29, 1.82) is 0 Å². The van der Waals surface area contributed by atoms with Gasteiger partial charge in [-0.05, 0) is 31.0 Å². The minimum atomic E-state index is 0.794. The van der Waals surface area contributed by atoms with Gasteiger partial charge < -0.3 is 4.42 Å². The molecule has 0 unspecified atom stereocenters. The highest BCUT2D eigenvalue weighted by atomic mass is 16.3. The van der Waals surface area contributed by atoms with E-state index in [1.165, 1.54) is 12.0 Å². The lowest BCUT2D eigenvalue weighted by Crippen LogP contribution is -1.78. The Kier molecular flexibility index (Phi) is 1.39. The van der Waals surface area contributed by atoms with Crippen molar-refractivity contribution >= 4 is 11.1 Å². The maximum Gasteiger partial charge on any atom is 0.181 e. The SMILES string of the molecule is [CH2]Cc1ccc2ocnc2c1. The monoisotopic (exact) mass is 146 g/mol. The highest BCUT2D eigenvalue weighted by molar-refractivity contribution is 5.72. The molecule has 2 rings (SSSR count). The van der Waals surface area contributed by atoms with E-state index in [1.54, 1.807) is 0 Å². The van der Waals surface area contributed by atoms with Gasteiger partial charge in [-0.3, -0.25) is 0 Å². The molecule has 0 N–H and O–H groups in total. The van der Waals surface area contributed by atoms with Crippen LogP contribution in [0.5, 0.6) is 0 Å². The quantitative estimate of drug-likeness (QED) is 0.616. The van der Waals surface area contributed by atoms with E-state index in [4.69, 9.17) is 4.42 Å². The Bertz CT molecular complexity index is 364. The van der Waals surface area contributed by atoms with Crippen molar-refractivity contribution in [3.05, 3.63) is 37.1 Å². The Labute approximate surface area is 64.9 Å². The molecule has 1 heterocycles. The molecule has 0 aliphatic heterocycles. The van der Waals surface area contributed by atoms with Gasteiger partial charge in [0.15, 0.2) is 12.0 Å². The first-order chi connectivity index (χ1) is 5.40. The van der Waals surface area contributed by atoms with Gasteiger partial charge in [-0.2, -0.15) is 0 Å². The standard InChI is InChI=1S/C9H8NO/c1-2-7-3-4-9-8(5-7)10-6-11-9/h3-6H,1-2H2. The van der Waals surface area contributed by atoms with Gasteiger partial charge in [0.1, 0.15) is 5.52 Å². The summed E-state index contributed by atoms with van der Waals surface area (Å²) >= 11 is 0. The zero-order chi connectivity index (χ0) is 7.68. The van der Waals surface area contributed by atoms with Crippen LogP contribution in [0.1, 0.15) is 5.56 Å². The van der Waals surface area contributed by atoms with Crippen LogP contribution >= 0.6 is 0 Å². The Balaban J connectivity index is 2.67. The molecule has 11 heavy (non-hydrogen) atoms. The van der Waals surface area contributed by atoms with E-state index in [0.29, 0.717) is 0 Å². The second-order valence-electron chi connectivity index (χ2n) is 2.40. The highest BCUT2D eigenvalue weighted by Gasteiger charge is 1.97. The minimum absolute atomic E-state index is 0.794. The molecule has 1 aromatic carbocycles.